The summed E-state index contributed by atoms with van der Waals surface area (Å²) in [4.78, 5) is 39.1. The number of hydrogen-bond donors (Lipinski definition) is 2. The number of carbonyl (C=O) groups excluding carboxylic acids is 3. The van der Waals surface area contributed by atoms with E-state index in [-0.39, 0.29) is 17.7 Å². The zero-order valence-corrected chi connectivity index (χ0v) is 13.4. The van der Waals surface area contributed by atoms with Crippen LogP contribution in [-0.4, -0.2) is 64.4 Å². The predicted octanol–water partition coefficient (Wildman–Crippen LogP) is -0.672. The molecule has 2 heterocycles. The summed E-state index contributed by atoms with van der Waals surface area (Å²) in [6.45, 7) is 6.73. The number of amides is 3. The highest BCUT2D eigenvalue weighted by Crippen LogP contribution is 2.43. The predicted molar refractivity (Wildman–Crippen MR) is 79.5 cm³/mol. The molecule has 7 nitrogen and oxygen atoms in total. The van der Waals surface area contributed by atoms with Gasteiger partial charge in [0.1, 0.15) is 6.04 Å². The zero-order valence-electron chi connectivity index (χ0n) is 13.4. The first-order chi connectivity index (χ1) is 10.2. The minimum Gasteiger partial charge on any atom is -0.391 e. The van der Waals surface area contributed by atoms with Gasteiger partial charge in [0.15, 0.2) is 0 Å². The maximum atomic E-state index is 12.5. The fourth-order valence-corrected chi connectivity index (χ4v) is 3.45. The van der Waals surface area contributed by atoms with Crippen molar-refractivity contribution in [1.82, 2.24) is 9.80 Å². The molecule has 2 fully saturated rings. The summed E-state index contributed by atoms with van der Waals surface area (Å²) >= 11 is 0. The van der Waals surface area contributed by atoms with E-state index in [1.165, 1.54) is 11.8 Å². The van der Waals surface area contributed by atoms with Gasteiger partial charge in [-0.25, -0.2) is 0 Å². The maximum absolute atomic E-state index is 12.5. The Balaban J connectivity index is 1.99. The van der Waals surface area contributed by atoms with Crippen LogP contribution in [0.4, 0.5) is 0 Å². The number of nitrogens with two attached hydrogens (primary N) is 1. The number of hydrogen-bond acceptors (Lipinski definition) is 4. The van der Waals surface area contributed by atoms with E-state index >= 15 is 0 Å². The lowest BCUT2D eigenvalue weighted by Crippen LogP contribution is -2.70. The van der Waals surface area contributed by atoms with Crippen LogP contribution in [0.2, 0.25) is 0 Å². The van der Waals surface area contributed by atoms with Gasteiger partial charge in [-0.15, -0.1) is 0 Å². The average molecular weight is 311 g/mol. The van der Waals surface area contributed by atoms with Crippen LogP contribution in [0.25, 0.3) is 0 Å². The fourth-order valence-electron chi connectivity index (χ4n) is 3.45. The number of β-lactam (4-membered cyclic amide) rings is 1. The van der Waals surface area contributed by atoms with Gasteiger partial charge in [-0.3, -0.25) is 14.4 Å². The van der Waals surface area contributed by atoms with E-state index in [0.29, 0.717) is 32.5 Å². The van der Waals surface area contributed by atoms with Crippen LogP contribution in [-0.2, 0) is 14.4 Å². The first-order valence-corrected chi connectivity index (χ1v) is 7.77. The number of nitrogens with zero attached hydrogens (tertiary/aromatic N) is 2. The summed E-state index contributed by atoms with van der Waals surface area (Å²) in [5, 5.41) is 9.65. The van der Waals surface area contributed by atoms with Crippen LogP contribution in [0.15, 0.2) is 0 Å². The molecule has 3 N–H and O–H groups in total. The van der Waals surface area contributed by atoms with Gasteiger partial charge in [-0.2, -0.15) is 0 Å². The molecule has 1 spiro atoms. The van der Waals surface area contributed by atoms with Crippen molar-refractivity contribution in [2.75, 3.05) is 19.6 Å². The van der Waals surface area contributed by atoms with Crippen LogP contribution in [0, 0.1) is 11.3 Å². The minimum atomic E-state index is -0.985. The molecule has 0 unspecified atom stereocenters. The number of carbonyl (C=O) groups is 3. The summed E-state index contributed by atoms with van der Waals surface area (Å²) in [5.74, 6) is -0.755. The van der Waals surface area contributed by atoms with Crippen LogP contribution in [0.5, 0.6) is 0 Å². The Kier molecular flexibility index (Phi) is 4.47. The van der Waals surface area contributed by atoms with Crippen molar-refractivity contribution in [3.8, 4) is 0 Å². The number of aliphatic hydroxyl groups excluding tert-OH is 1. The molecule has 22 heavy (non-hydrogen) atoms. The summed E-state index contributed by atoms with van der Waals surface area (Å²) in [6.07, 6.45) is 0.222. The minimum absolute atomic E-state index is 0.0443. The molecule has 7 heteroatoms. The third-order valence-electron chi connectivity index (χ3n) is 4.80. The highest BCUT2D eigenvalue weighted by molar-refractivity contribution is 5.94. The third kappa shape index (κ3) is 2.69. The Bertz CT molecular complexity index is 481. The first kappa shape index (κ1) is 16.7. The lowest BCUT2D eigenvalue weighted by Gasteiger charge is -2.54. The number of primary amides is 1. The van der Waals surface area contributed by atoms with E-state index in [1.807, 2.05) is 13.8 Å². The van der Waals surface area contributed by atoms with Crippen LogP contribution >= 0.6 is 0 Å². The normalized spacial score (nSPS) is 23.4. The lowest BCUT2D eigenvalue weighted by atomic mass is 9.70. The molecule has 124 valence electrons. The van der Waals surface area contributed by atoms with Gasteiger partial charge in [0, 0.05) is 25.6 Å². The van der Waals surface area contributed by atoms with Gasteiger partial charge in [0.05, 0.1) is 11.5 Å². The standard InChI is InChI=1S/C15H25N3O4/c1-9(2)13(21)17-6-4-15(5-7-17)8-18(14(15)22)11(10(3)19)12(16)20/h9-11,19H,4-8H2,1-3H3,(H2,16,20)/t10-,11+/m1/s1. The second-order valence-corrected chi connectivity index (χ2v) is 6.78. The first-order valence-electron chi connectivity index (χ1n) is 7.77. The van der Waals surface area contributed by atoms with Crippen molar-refractivity contribution in [1.29, 1.82) is 0 Å². The molecule has 0 radical (unpaired) electrons. The molecule has 0 saturated carbocycles. The Labute approximate surface area is 130 Å². The summed E-state index contributed by atoms with van der Waals surface area (Å²) in [5.41, 5.74) is 4.79. The fraction of sp³-hybridized carbons (Fsp3) is 0.800. The maximum Gasteiger partial charge on any atom is 0.242 e. The molecule has 2 aliphatic heterocycles. The second-order valence-electron chi connectivity index (χ2n) is 6.78. The molecule has 0 aromatic rings. The van der Waals surface area contributed by atoms with Crippen molar-refractivity contribution >= 4 is 17.7 Å². The highest BCUT2D eigenvalue weighted by atomic mass is 16.3. The topological polar surface area (TPSA) is 104 Å². The quantitative estimate of drug-likeness (QED) is 0.672. The number of piperidine rings is 1. The SMILES string of the molecule is CC(C)C(=O)N1CCC2(CC1)CN([C@H](C(N)=O)[C@@H](C)O)C2=O. The molecule has 0 bridgehead atoms. The Morgan fingerprint density at radius 1 is 1.23 bits per heavy atom. The van der Waals surface area contributed by atoms with Gasteiger partial charge >= 0.3 is 0 Å². The molecule has 0 aromatic carbocycles. The number of likely N-dealkylation sites (tertiary alicyclic amines) is 2. The van der Waals surface area contributed by atoms with Crippen LogP contribution < -0.4 is 5.73 Å². The van der Waals surface area contributed by atoms with E-state index in [0.717, 1.165) is 0 Å². The lowest BCUT2D eigenvalue weighted by molar-refractivity contribution is -0.177. The van der Waals surface area contributed by atoms with E-state index in [4.69, 9.17) is 5.73 Å². The van der Waals surface area contributed by atoms with Crippen molar-refractivity contribution < 1.29 is 19.5 Å². The second kappa shape index (κ2) is 5.87. The monoisotopic (exact) mass is 311 g/mol. The van der Waals surface area contributed by atoms with Crippen molar-refractivity contribution in [2.45, 2.75) is 45.8 Å². The van der Waals surface area contributed by atoms with E-state index in [2.05, 4.69) is 0 Å². The highest BCUT2D eigenvalue weighted by Gasteiger charge is 2.56. The van der Waals surface area contributed by atoms with Gasteiger partial charge < -0.3 is 20.6 Å². The van der Waals surface area contributed by atoms with Crippen LogP contribution in [0.3, 0.4) is 0 Å². The molecule has 0 aromatic heterocycles. The zero-order chi connectivity index (χ0) is 16.7. The summed E-state index contributed by atoms with van der Waals surface area (Å²) in [6, 6.07) is -0.964. The third-order valence-corrected chi connectivity index (χ3v) is 4.80. The Morgan fingerprint density at radius 2 is 1.77 bits per heavy atom. The van der Waals surface area contributed by atoms with E-state index in [9.17, 15) is 19.5 Å². The molecular weight excluding hydrogens is 286 g/mol. The molecule has 2 rings (SSSR count). The Morgan fingerprint density at radius 3 is 2.14 bits per heavy atom. The largest absolute Gasteiger partial charge is 0.391 e. The summed E-state index contributed by atoms with van der Waals surface area (Å²) < 4.78 is 0. The molecule has 2 aliphatic rings. The number of aliphatic hydroxyl groups is 1. The number of rotatable bonds is 4. The van der Waals surface area contributed by atoms with E-state index < -0.39 is 23.5 Å². The molecular formula is C15H25N3O4. The van der Waals surface area contributed by atoms with Crippen molar-refractivity contribution in [3.63, 3.8) is 0 Å². The van der Waals surface area contributed by atoms with Crippen LogP contribution in [0.1, 0.15) is 33.6 Å². The molecule has 0 aliphatic carbocycles. The molecule has 2 saturated heterocycles. The average Bonchev–Trinajstić information content (AvgIpc) is 2.45. The van der Waals surface area contributed by atoms with Gasteiger partial charge in [0.25, 0.3) is 0 Å². The smallest absolute Gasteiger partial charge is 0.242 e. The van der Waals surface area contributed by atoms with Crippen molar-refractivity contribution in [2.24, 2.45) is 17.1 Å². The molecule has 2 atom stereocenters. The van der Waals surface area contributed by atoms with E-state index in [1.54, 1.807) is 4.90 Å². The van der Waals surface area contributed by atoms with Gasteiger partial charge in [0.2, 0.25) is 17.7 Å². The van der Waals surface area contributed by atoms with Gasteiger partial charge in [-0.1, -0.05) is 13.8 Å². The van der Waals surface area contributed by atoms with Crippen molar-refractivity contribution in [3.05, 3.63) is 0 Å². The Hall–Kier alpha value is -1.63. The molecule has 3 amide bonds. The van der Waals surface area contributed by atoms with Gasteiger partial charge in [-0.05, 0) is 19.8 Å². The summed E-state index contributed by atoms with van der Waals surface area (Å²) in [7, 11) is 0.